The molecule has 1 aliphatic carbocycles. The standard InChI is InChI=1S/C23H26FN3O4/c1-30-22-6-4-15(8-19(22)24)11-27-23(29)17-9-16(18(10-25)20(26)12-28)5-7-21(17)31-13-14-2-3-14/h4-10,14,25,28H,2-3,11-13,26H2,1H3,(H,27,29). The lowest BCUT2D eigenvalue weighted by atomic mass is 10.0. The summed E-state index contributed by atoms with van der Waals surface area (Å²) in [5.74, 6) is 0.132. The zero-order valence-electron chi connectivity index (χ0n) is 17.3. The van der Waals surface area contributed by atoms with Gasteiger partial charge in [0.15, 0.2) is 11.6 Å². The molecule has 1 fully saturated rings. The van der Waals surface area contributed by atoms with Gasteiger partial charge in [0.2, 0.25) is 0 Å². The summed E-state index contributed by atoms with van der Waals surface area (Å²) in [5, 5.41) is 19.7. The summed E-state index contributed by atoms with van der Waals surface area (Å²) in [6, 6.07) is 9.41. The largest absolute Gasteiger partial charge is 0.494 e. The molecule has 1 saturated carbocycles. The van der Waals surface area contributed by atoms with Crippen LogP contribution in [-0.2, 0) is 6.54 Å². The maximum atomic E-state index is 13.9. The van der Waals surface area contributed by atoms with Crippen LogP contribution in [0.3, 0.4) is 0 Å². The first-order valence-electron chi connectivity index (χ1n) is 9.94. The number of nitrogens with two attached hydrogens (primary N) is 1. The van der Waals surface area contributed by atoms with Gasteiger partial charge in [0.25, 0.3) is 5.91 Å². The van der Waals surface area contributed by atoms with E-state index < -0.39 is 18.3 Å². The molecular formula is C23H26FN3O4. The molecule has 7 nitrogen and oxygen atoms in total. The van der Waals surface area contributed by atoms with Crippen LogP contribution in [0, 0.1) is 17.1 Å². The number of carbonyl (C=O) groups excluding carboxylic acids is 1. The maximum absolute atomic E-state index is 13.9. The average molecular weight is 427 g/mol. The van der Waals surface area contributed by atoms with E-state index in [0.29, 0.717) is 35.0 Å². The minimum atomic E-state index is -0.509. The van der Waals surface area contributed by atoms with E-state index in [1.54, 1.807) is 24.3 Å². The molecular weight excluding hydrogens is 401 g/mol. The van der Waals surface area contributed by atoms with Gasteiger partial charge < -0.3 is 31.0 Å². The van der Waals surface area contributed by atoms with E-state index in [2.05, 4.69) is 5.32 Å². The summed E-state index contributed by atoms with van der Waals surface area (Å²) in [5.41, 5.74) is 7.62. The molecule has 0 bridgehead atoms. The summed E-state index contributed by atoms with van der Waals surface area (Å²) in [6.45, 7) is 0.225. The van der Waals surface area contributed by atoms with E-state index in [-0.39, 0.29) is 23.6 Å². The minimum absolute atomic E-state index is 0.109. The third-order valence-electron chi connectivity index (χ3n) is 5.04. The normalized spacial score (nSPS) is 13.9. The Kier molecular flexibility index (Phi) is 7.25. The van der Waals surface area contributed by atoms with Gasteiger partial charge in [-0.3, -0.25) is 4.79 Å². The number of benzene rings is 2. The van der Waals surface area contributed by atoms with Crippen molar-refractivity contribution in [1.82, 2.24) is 5.32 Å². The van der Waals surface area contributed by atoms with Crippen molar-refractivity contribution in [2.45, 2.75) is 19.4 Å². The second-order valence-electron chi connectivity index (χ2n) is 7.36. The Labute approximate surface area is 180 Å². The third-order valence-corrected chi connectivity index (χ3v) is 5.04. The fourth-order valence-electron chi connectivity index (χ4n) is 3.04. The fourth-order valence-corrected chi connectivity index (χ4v) is 3.04. The van der Waals surface area contributed by atoms with Crippen LogP contribution in [0.2, 0.25) is 0 Å². The van der Waals surface area contributed by atoms with Crippen molar-refractivity contribution < 1.29 is 23.8 Å². The van der Waals surface area contributed by atoms with Crippen molar-refractivity contribution in [2.75, 3.05) is 20.3 Å². The van der Waals surface area contributed by atoms with Gasteiger partial charge in [-0.05, 0) is 54.2 Å². The van der Waals surface area contributed by atoms with Gasteiger partial charge in [-0.25, -0.2) is 4.39 Å². The minimum Gasteiger partial charge on any atom is -0.494 e. The van der Waals surface area contributed by atoms with Crippen LogP contribution in [0.25, 0.3) is 5.57 Å². The number of nitrogens with one attached hydrogen (secondary N) is 2. The Balaban J connectivity index is 1.84. The highest BCUT2D eigenvalue weighted by Gasteiger charge is 2.23. The van der Waals surface area contributed by atoms with Crippen molar-refractivity contribution >= 4 is 17.7 Å². The molecule has 1 aliphatic rings. The molecule has 3 rings (SSSR count). The van der Waals surface area contributed by atoms with Gasteiger partial charge in [-0.1, -0.05) is 12.1 Å². The number of allylic oxidation sites excluding steroid dienone is 1. The first kappa shape index (κ1) is 22.3. The number of ether oxygens (including phenoxy) is 2. The van der Waals surface area contributed by atoms with E-state index in [1.165, 1.54) is 19.2 Å². The number of rotatable bonds is 10. The van der Waals surface area contributed by atoms with E-state index in [1.807, 2.05) is 0 Å². The lowest BCUT2D eigenvalue weighted by molar-refractivity contribution is 0.0946. The third kappa shape index (κ3) is 5.61. The molecule has 164 valence electrons. The predicted molar refractivity (Wildman–Crippen MR) is 116 cm³/mol. The van der Waals surface area contributed by atoms with E-state index in [9.17, 15) is 14.3 Å². The van der Waals surface area contributed by atoms with Crippen LogP contribution >= 0.6 is 0 Å². The Bertz CT molecular complexity index is 1000. The van der Waals surface area contributed by atoms with Gasteiger partial charge in [0.05, 0.1) is 25.9 Å². The summed E-state index contributed by atoms with van der Waals surface area (Å²) in [6.07, 6.45) is 3.25. The van der Waals surface area contributed by atoms with Gasteiger partial charge in [-0.15, -0.1) is 0 Å². The van der Waals surface area contributed by atoms with E-state index in [4.69, 9.17) is 20.6 Å². The van der Waals surface area contributed by atoms with Crippen molar-refractivity contribution in [3.63, 3.8) is 0 Å². The number of amides is 1. The highest BCUT2D eigenvalue weighted by Crippen LogP contribution is 2.31. The van der Waals surface area contributed by atoms with Crippen molar-refractivity contribution in [1.29, 1.82) is 5.41 Å². The number of hydrogen-bond acceptors (Lipinski definition) is 6. The summed E-state index contributed by atoms with van der Waals surface area (Å²) in [4.78, 5) is 12.9. The highest BCUT2D eigenvalue weighted by atomic mass is 19.1. The zero-order valence-corrected chi connectivity index (χ0v) is 17.3. The predicted octanol–water partition coefficient (Wildman–Crippen LogP) is 2.86. The second-order valence-corrected chi connectivity index (χ2v) is 7.36. The highest BCUT2D eigenvalue weighted by molar-refractivity contribution is 6.10. The van der Waals surface area contributed by atoms with Crippen LogP contribution in [0.1, 0.15) is 34.3 Å². The molecule has 0 aromatic heterocycles. The molecule has 0 spiro atoms. The smallest absolute Gasteiger partial charge is 0.255 e. The summed E-state index contributed by atoms with van der Waals surface area (Å²) >= 11 is 0. The second kappa shape index (κ2) is 10.1. The molecule has 0 saturated heterocycles. The number of carbonyl (C=O) groups is 1. The molecule has 0 atom stereocenters. The first-order chi connectivity index (χ1) is 15.0. The van der Waals surface area contributed by atoms with Gasteiger partial charge in [0.1, 0.15) is 5.75 Å². The van der Waals surface area contributed by atoms with Gasteiger partial charge >= 0.3 is 0 Å². The lowest BCUT2D eigenvalue weighted by Crippen LogP contribution is -2.24. The van der Waals surface area contributed by atoms with Crippen LogP contribution in [-0.4, -0.2) is 37.6 Å². The van der Waals surface area contributed by atoms with Crippen molar-refractivity contribution in [3.8, 4) is 11.5 Å². The molecule has 0 radical (unpaired) electrons. The Morgan fingerprint density at radius 1 is 1.29 bits per heavy atom. The number of halogens is 1. The Hall–Kier alpha value is -3.39. The number of hydrogen-bond donors (Lipinski definition) is 4. The number of aliphatic hydroxyl groups is 1. The molecule has 0 aliphatic heterocycles. The maximum Gasteiger partial charge on any atom is 0.255 e. The first-order valence-corrected chi connectivity index (χ1v) is 9.94. The topological polar surface area (TPSA) is 118 Å². The molecule has 8 heteroatoms. The van der Waals surface area contributed by atoms with Crippen LogP contribution in [0.4, 0.5) is 4.39 Å². The lowest BCUT2D eigenvalue weighted by Gasteiger charge is -2.15. The molecule has 0 unspecified atom stereocenters. The average Bonchev–Trinajstić information content (AvgIpc) is 3.61. The van der Waals surface area contributed by atoms with Crippen LogP contribution < -0.4 is 20.5 Å². The number of aliphatic hydroxyl groups excluding tert-OH is 1. The molecule has 5 N–H and O–H groups in total. The SMILES string of the molecule is COc1ccc(CNC(=O)c2cc(C(C=N)=C(N)CO)ccc2OCC2CC2)cc1F. The van der Waals surface area contributed by atoms with Gasteiger partial charge in [0, 0.05) is 24.0 Å². The Morgan fingerprint density at radius 3 is 2.65 bits per heavy atom. The Morgan fingerprint density at radius 2 is 2.03 bits per heavy atom. The quantitative estimate of drug-likeness (QED) is 0.435. The molecule has 2 aromatic carbocycles. The molecule has 1 amide bonds. The van der Waals surface area contributed by atoms with E-state index >= 15 is 0 Å². The van der Waals surface area contributed by atoms with Crippen molar-refractivity contribution in [3.05, 3.63) is 64.6 Å². The van der Waals surface area contributed by atoms with Crippen molar-refractivity contribution in [2.24, 2.45) is 11.7 Å². The molecule has 2 aromatic rings. The monoisotopic (exact) mass is 427 g/mol. The summed E-state index contributed by atoms with van der Waals surface area (Å²) < 4.78 is 24.7. The van der Waals surface area contributed by atoms with E-state index in [0.717, 1.165) is 19.1 Å². The van der Waals surface area contributed by atoms with Crippen LogP contribution in [0.15, 0.2) is 42.1 Å². The fraction of sp³-hybridized carbons (Fsp3) is 0.304. The molecule has 31 heavy (non-hydrogen) atoms. The van der Waals surface area contributed by atoms with Crippen LogP contribution in [0.5, 0.6) is 11.5 Å². The number of methoxy groups -OCH3 is 1. The van der Waals surface area contributed by atoms with Gasteiger partial charge in [-0.2, -0.15) is 0 Å². The summed E-state index contributed by atoms with van der Waals surface area (Å²) in [7, 11) is 1.39. The molecule has 0 heterocycles. The zero-order chi connectivity index (χ0) is 22.4.